The van der Waals surface area contributed by atoms with Crippen LogP contribution in [-0.2, 0) is 22.6 Å². The van der Waals surface area contributed by atoms with Crippen molar-refractivity contribution in [1.29, 1.82) is 5.26 Å². The molecule has 2 unspecified atom stereocenters. The number of hydrogen-bond donors (Lipinski definition) is 2. The molecule has 7 nitrogen and oxygen atoms in total. The van der Waals surface area contributed by atoms with Crippen LogP contribution in [0.4, 0.5) is 5.69 Å². The van der Waals surface area contributed by atoms with Crippen LogP contribution in [0.5, 0.6) is 5.75 Å². The first-order chi connectivity index (χ1) is 16.5. The van der Waals surface area contributed by atoms with Crippen LogP contribution < -0.4 is 20.3 Å². The molecule has 0 spiro atoms. The topological polar surface area (TPSA) is 94.5 Å². The first-order valence-electron chi connectivity index (χ1n) is 11.3. The number of halogens is 1. The molecule has 0 radical (unpaired) electrons. The number of benzene rings is 3. The van der Waals surface area contributed by atoms with Crippen LogP contribution in [-0.4, -0.2) is 38.1 Å². The Bertz CT molecular complexity index is 1290. The molecule has 1 heterocycles. The molecule has 0 bridgehead atoms. The molecule has 0 saturated heterocycles. The summed E-state index contributed by atoms with van der Waals surface area (Å²) in [6, 6.07) is 18.3. The number of rotatable bonds is 6. The number of likely N-dealkylation sites (N-methyl/N-ethyl adjacent to an activating group) is 1. The Morgan fingerprint density at radius 1 is 1.17 bits per heavy atom. The van der Waals surface area contributed by atoms with E-state index in [1.54, 1.807) is 32.0 Å². The normalized spacial score (nSPS) is 15.9. The molecular weight excluding hydrogens is 464 g/mol. The molecule has 0 saturated carbocycles. The summed E-state index contributed by atoms with van der Waals surface area (Å²) in [5.41, 5.74) is 3.25. The molecule has 0 aromatic heterocycles. The molecule has 2 amide bonds. The Balaban J connectivity index is 0.00000342. The van der Waals surface area contributed by atoms with Crippen molar-refractivity contribution >= 4 is 40.7 Å². The number of anilines is 1. The number of hydrogen-bond acceptors (Lipinski definition) is 5. The van der Waals surface area contributed by atoms with Crippen molar-refractivity contribution in [3.05, 3.63) is 71.3 Å². The van der Waals surface area contributed by atoms with Crippen LogP contribution in [0, 0.1) is 11.3 Å². The van der Waals surface area contributed by atoms with Gasteiger partial charge in [0.25, 0.3) is 0 Å². The number of aryl methyl sites for hydroxylation is 1. The second-order valence-corrected chi connectivity index (χ2v) is 8.42. The van der Waals surface area contributed by atoms with Gasteiger partial charge in [-0.25, -0.2) is 0 Å². The molecule has 8 heteroatoms. The van der Waals surface area contributed by atoms with Crippen LogP contribution >= 0.6 is 12.4 Å². The van der Waals surface area contributed by atoms with E-state index in [9.17, 15) is 14.9 Å². The number of carbonyl (C=O) groups excluding carboxylic acids is 2. The minimum Gasteiger partial charge on any atom is -0.496 e. The number of fused-ring (bicyclic) bond motifs is 2. The van der Waals surface area contributed by atoms with Crippen molar-refractivity contribution in [3.8, 4) is 11.8 Å². The highest BCUT2D eigenvalue weighted by Crippen LogP contribution is 2.35. The number of ether oxygens (including phenoxy) is 1. The number of methoxy groups -OCH3 is 1. The third-order valence-electron chi connectivity index (χ3n) is 6.48. The second kappa shape index (κ2) is 11.2. The average Bonchev–Trinajstić information content (AvgIpc) is 3.00. The third kappa shape index (κ3) is 5.09. The fourth-order valence-electron chi connectivity index (χ4n) is 4.45. The Hall–Kier alpha value is -3.60. The first kappa shape index (κ1) is 26.0. The monoisotopic (exact) mass is 492 g/mol. The van der Waals surface area contributed by atoms with E-state index in [1.165, 1.54) is 0 Å². The van der Waals surface area contributed by atoms with Crippen molar-refractivity contribution in [1.82, 2.24) is 10.6 Å². The van der Waals surface area contributed by atoms with Crippen molar-refractivity contribution in [3.63, 3.8) is 0 Å². The maximum atomic E-state index is 13.8. The van der Waals surface area contributed by atoms with E-state index in [4.69, 9.17) is 4.74 Å². The first-order valence-corrected chi connectivity index (χ1v) is 11.3. The van der Waals surface area contributed by atoms with Gasteiger partial charge in [0.15, 0.2) is 0 Å². The molecule has 3 aromatic rings. The lowest BCUT2D eigenvalue weighted by Gasteiger charge is -2.28. The van der Waals surface area contributed by atoms with Crippen molar-refractivity contribution in [2.45, 2.75) is 38.4 Å². The lowest BCUT2D eigenvalue weighted by molar-refractivity contribution is -0.128. The van der Waals surface area contributed by atoms with Crippen molar-refractivity contribution in [2.24, 2.45) is 0 Å². The van der Waals surface area contributed by atoms with Crippen molar-refractivity contribution < 1.29 is 14.3 Å². The van der Waals surface area contributed by atoms with Gasteiger partial charge in [-0.3, -0.25) is 9.59 Å². The van der Waals surface area contributed by atoms with Gasteiger partial charge in [0, 0.05) is 16.6 Å². The number of para-hydroxylation sites is 1. The second-order valence-electron chi connectivity index (χ2n) is 8.42. The van der Waals surface area contributed by atoms with Gasteiger partial charge in [0.05, 0.1) is 31.3 Å². The number of nitriles is 1. The summed E-state index contributed by atoms with van der Waals surface area (Å²) in [5.74, 6) is 0.256. The molecular formula is C27H29ClN4O3. The summed E-state index contributed by atoms with van der Waals surface area (Å²) in [6.45, 7) is 2.01. The van der Waals surface area contributed by atoms with E-state index in [0.717, 1.165) is 27.6 Å². The zero-order valence-corrected chi connectivity index (χ0v) is 20.8. The SMILES string of the molecule is CNC(C)C(=O)NC1CCc2ccccc2N(Cc2c(OC)ccc3c(C#N)cccc23)C1=O.Cl. The van der Waals surface area contributed by atoms with Crippen molar-refractivity contribution in [2.75, 3.05) is 19.1 Å². The third-order valence-corrected chi connectivity index (χ3v) is 6.48. The Morgan fingerprint density at radius 2 is 1.94 bits per heavy atom. The summed E-state index contributed by atoms with van der Waals surface area (Å²) < 4.78 is 5.66. The number of nitrogens with zero attached hydrogens (tertiary/aromatic N) is 2. The lowest BCUT2D eigenvalue weighted by Crippen LogP contribution is -2.52. The number of carbonyl (C=O) groups is 2. The molecule has 1 aliphatic heterocycles. The van der Waals surface area contributed by atoms with Gasteiger partial charge in [-0.2, -0.15) is 5.26 Å². The Morgan fingerprint density at radius 3 is 2.66 bits per heavy atom. The lowest BCUT2D eigenvalue weighted by atomic mass is 9.99. The van der Waals surface area contributed by atoms with Crippen LogP contribution in [0.2, 0.25) is 0 Å². The molecule has 0 aliphatic carbocycles. The molecule has 4 rings (SSSR count). The van der Waals surface area contributed by atoms with E-state index >= 15 is 0 Å². The molecule has 0 fully saturated rings. The molecule has 2 atom stereocenters. The van der Waals surface area contributed by atoms with Gasteiger partial charge in [-0.05, 0) is 62.0 Å². The summed E-state index contributed by atoms with van der Waals surface area (Å²) in [6.07, 6.45) is 1.18. The van der Waals surface area contributed by atoms with E-state index in [0.29, 0.717) is 24.2 Å². The molecule has 35 heavy (non-hydrogen) atoms. The van der Waals surface area contributed by atoms with Gasteiger partial charge < -0.3 is 20.3 Å². The van der Waals surface area contributed by atoms with Gasteiger partial charge in [-0.1, -0.05) is 30.3 Å². The van der Waals surface area contributed by atoms with Crippen LogP contribution in [0.3, 0.4) is 0 Å². The predicted molar refractivity (Wildman–Crippen MR) is 139 cm³/mol. The summed E-state index contributed by atoms with van der Waals surface area (Å²) >= 11 is 0. The molecule has 3 aromatic carbocycles. The summed E-state index contributed by atoms with van der Waals surface area (Å²) in [4.78, 5) is 28.1. The van der Waals surface area contributed by atoms with Gasteiger partial charge in [0.1, 0.15) is 11.8 Å². The standard InChI is InChI=1S/C27H28N4O3.ClH/c1-17(29-2)26(32)30-23-13-11-18-7-4-5-10-24(18)31(27(23)33)16-22-21-9-6-8-19(15-28)20(21)12-14-25(22)34-3;/h4-10,12,14,17,23,29H,11,13,16H2,1-3H3,(H,30,32);1H. The maximum absolute atomic E-state index is 13.8. The van der Waals surface area contributed by atoms with Gasteiger partial charge in [-0.15, -0.1) is 12.4 Å². The predicted octanol–water partition coefficient (Wildman–Crippen LogP) is 3.71. The molecule has 182 valence electrons. The highest BCUT2D eigenvalue weighted by Gasteiger charge is 2.33. The largest absolute Gasteiger partial charge is 0.496 e. The Labute approximate surface area is 211 Å². The molecule has 1 aliphatic rings. The smallest absolute Gasteiger partial charge is 0.249 e. The number of amides is 2. The highest BCUT2D eigenvalue weighted by atomic mass is 35.5. The van der Waals surface area contributed by atoms with Gasteiger partial charge >= 0.3 is 0 Å². The van der Waals surface area contributed by atoms with Crippen LogP contribution in [0.15, 0.2) is 54.6 Å². The van der Waals surface area contributed by atoms with E-state index in [2.05, 4.69) is 16.7 Å². The minimum absolute atomic E-state index is 0. The van der Waals surface area contributed by atoms with Crippen LogP contribution in [0.25, 0.3) is 10.8 Å². The Kier molecular flexibility index (Phi) is 8.34. The maximum Gasteiger partial charge on any atom is 0.249 e. The minimum atomic E-state index is -0.647. The quantitative estimate of drug-likeness (QED) is 0.547. The summed E-state index contributed by atoms with van der Waals surface area (Å²) in [7, 11) is 3.31. The fourth-order valence-corrected chi connectivity index (χ4v) is 4.45. The summed E-state index contributed by atoms with van der Waals surface area (Å²) in [5, 5.41) is 17.1. The zero-order valence-electron chi connectivity index (χ0n) is 20.0. The average molecular weight is 493 g/mol. The number of nitrogens with one attached hydrogen (secondary N) is 2. The van der Waals surface area contributed by atoms with Crippen LogP contribution in [0.1, 0.15) is 30.0 Å². The zero-order chi connectivity index (χ0) is 24.2. The van der Waals surface area contributed by atoms with Gasteiger partial charge in [0.2, 0.25) is 11.8 Å². The fraction of sp³-hybridized carbons (Fsp3) is 0.296. The highest BCUT2D eigenvalue weighted by molar-refractivity contribution is 6.02. The molecule has 2 N–H and O–H groups in total. The van der Waals surface area contributed by atoms with E-state index in [-0.39, 0.29) is 30.8 Å². The van der Waals surface area contributed by atoms with E-state index < -0.39 is 12.1 Å². The van der Waals surface area contributed by atoms with E-state index in [1.807, 2.05) is 48.5 Å².